The molecule has 6 nitrogen and oxygen atoms in total. The van der Waals surface area contributed by atoms with Crippen LogP contribution in [0.2, 0.25) is 0 Å². The number of aromatic amines is 1. The molecule has 0 saturated carbocycles. The molecule has 0 unspecified atom stereocenters. The van der Waals surface area contributed by atoms with Crippen molar-refractivity contribution in [2.24, 2.45) is 0 Å². The summed E-state index contributed by atoms with van der Waals surface area (Å²) in [6, 6.07) is 12.7. The number of hydrogen-bond acceptors (Lipinski definition) is 4. The molecule has 3 heterocycles. The Morgan fingerprint density at radius 1 is 1.06 bits per heavy atom. The lowest BCUT2D eigenvalue weighted by Crippen LogP contribution is -2.46. The van der Waals surface area contributed by atoms with Crippen LogP contribution in [0.25, 0.3) is 22.3 Å². The Labute approximate surface area is 183 Å². The third-order valence-electron chi connectivity index (χ3n) is 5.67. The standard InChI is InChI=1S/C24H21F2N5O/c25-19-4-5-21(26)18(13-19)10-15-11-20-22(29-30-23(20)28-14-15)16-2-1-3-17(12-16)24(32)31-8-6-27-7-9-31/h1-5,11-14,27H,6-10H2,(H,28,29,30). The third kappa shape index (κ3) is 3.97. The van der Waals surface area contributed by atoms with Crippen LogP contribution < -0.4 is 5.32 Å². The molecule has 1 saturated heterocycles. The number of carbonyl (C=O) groups is 1. The number of nitrogens with zero attached hydrogens (tertiary/aromatic N) is 3. The molecule has 2 N–H and O–H groups in total. The predicted octanol–water partition coefficient (Wildman–Crippen LogP) is 3.54. The Kier molecular flexibility index (Phi) is 5.36. The molecular formula is C24H21F2N5O. The third-order valence-corrected chi connectivity index (χ3v) is 5.67. The van der Waals surface area contributed by atoms with Crippen LogP contribution in [-0.2, 0) is 6.42 Å². The van der Waals surface area contributed by atoms with E-state index >= 15 is 0 Å². The van der Waals surface area contributed by atoms with Gasteiger partial charge in [-0.3, -0.25) is 9.89 Å². The quantitative estimate of drug-likeness (QED) is 0.516. The normalized spacial score (nSPS) is 14.1. The summed E-state index contributed by atoms with van der Waals surface area (Å²) < 4.78 is 27.6. The largest absolute Gasteiger partial charge is 0.336 e. The van der Waals surface area contributed by atoms with Gasteiger partial charge >= 0.3 is 0 Å². The molecule has 1 aliphatic heterocycles. The van der Waals surface area contributed by atoms with Gasteiger partial charge in [0.1, 0.15) is 11.6 Å². The van der Waals surface area contributed by atoms with Crippen molar-refractivity contribution < 1.29 is 13.6 Å². The van der Waals surface area contributed by atoms with Gasteiger partial charge in [-0.25, -0.2) is 13.8 Å². The highest BCUT2D eigenvalue weighted by atomic mass is 19.1. The lowest BCUT2D eigenvalue weighted by atomic mass is 10.0. The van der Waals surface area contributed by atoms with Crippen LogP contribution >= 0.6 is 0 Å². The van der Waals surface area contributed by atoms with Crippen LogP contribution in [0.5, 0.6) is 0 Å². The van der Waals surface area contributed by atoms with E-state index in [9.17, 15) is 13.6 Å². The highest BCUT2D eigenvalue weighted by Gasteiger charge is 2.19. The number of benzene rings is 2. The second-order valence-corrected chi connectivity index (χ2v) is 7.85. The molecule has 5 rings (SSSR count). The van der Waals surface area contributed by atoms with Crippen molar-refractivity contribution in [1.82, 2.24) is 25.4 Å². The van der Waals surface area contributed by atoms with E-state index in [1.54, 1.807) is 6.20 Å². The number of pyridine rings is 1. The van der Waals surface area contributed by atoms with Gasteiger partial charge < -0.3 is 10.2 Å². The number of amides is 1. The summed E-state index contributed by atoms with van der Waals surface area (Å²) in [5.41, 5.74) is 3.66. The zero-order chi connectivity index (χ0) is 22.1. The van der Waals surface area contributed by atoms with Crippen LogP contribution in [0.3, 0.4) is 0 Å². The smallest absolute Gasteiger partial charge is 0.253 e. The molecule has 0 spiro atoms. The summed E-state index contributed by atoms with van der Waals surface area (Å²) in [5, 5.41) is 11.3. The summed E-state index contributed by atoms with van der Waals surface area (Å²) in [4.78, 5) is 19.1. The first-order chi connectivity index (χ1) is 15.6. The Hall–Kier alpha value is -3.65. The fourth-order valence-corrected chi connectivity index (χ4v) is 4.02. The summed E-state index contributed by atoms with van der Waals surface area (Å²) >= 11 is 0. The molecule has 162 valence electrons. The SMILES string of the molecule is O=C(c1cccc(-c2[nH]nc3ncc(Cc4cc(F)ccc4F)cc23)c1)N1CCNCC1. The Balaban J connectivity index is 1.47. The van der Waals surface area contributed by atoms with Gasteiger partial charge in [-0.1, -0.05) is 12.1 Å². The minimum atomic E-state index is -0.481. The van der Waals surface area contributed by atoms with Crippen LogP contribution in [-0.4, -0.2) is 52.2 Å². The second-order valence-electron chi connectivity index (χ2n) is 7.85. The first-order valence-corrected chi connectivity index (χ1v) is 10.5. The molecule has 8 heteroatoms. The highest BCUT2D eigenvalue weighted by Crippen LogP contribution is 2.28. The molecule has 1 amide bonds. The summed E-state index contributed by atoms with van der Waals surface area (Å²) in [5.74, 6) is -0.944. The van der Waals surface area contributed by atoms with Gasteiger partial charge in [-0.2, -0.15) is 5.10 Å². The number of hydrogen-bond donors (Lipinski definition) is 2. The van der Waals surface area contributed by atoms with Crippen molar-refractivity contribution in [2.75, 3.05) is 26.2 Å². The van der Waals surface area contributed by atoms with E-state index in [1.165, 1.54) is 6.07 Å². The van der Waals surface area contributed by atoms with Crippen molar-refractivity contribution in [2.45, 2.75) is 6.42 Å². The van der Waals surface area contributed by atoms with E-state index in [1.807, 2.05) is 35.2 Å². The molecule has 2 aromatic carbocycles. The molecule has 32 heavy (non-hydrogen) atoms. The molecule has 0 aliphatic carbocycles. The Morgan fingerprint density at radius 3 is 2.75 bits per heavy atom. The van der Waals surface area contributed by atoms with Crippen LogP contribution in [0, 0.1) is 11.6 Å². The molecule has 0 radical (unpaired) electrons. The lowest BCUT2D eigenvalue weighted by molar-refractivity contribution is 0.0736. The molecule has 4 aromatic rings. The molecule has 2 aromatic heterocycles. The first-order valence-electron chi connectivity index (χ1n) is 10.5. The first kappa shape index (κ1) is 20.3. The monoisotopic (exact) mass is 433 g/mol. The lowest BCUT2D eigenvalue weighted by Gasteiger charge is -2.27. The zero-order valence-electron chi connectivity index (χ0n) is 17.2. The van der Waals surface area contributed by atoms with Crippen molar-refractivity contribution >= 4 is 16.9 Å². The molecular weight excluding hydrogens is 412 g/mol. The van der Waals surface area contributed by atoms with E-state index in [0.717, 1.165) is 47.4 Å². The number of H-pyrrole nitrogens is 1. The maximum atomic E-state index is 14.1. The van der Waals surface area contributed by atoms with Gasteiger partial charge in [0.05, 0.1) is 5.69 Å². The average Bonchev–Trinajstić information content (AvgIpc) is 3.25. The van der Waals surface area contributed by atoms with E-state index in [-0.39, 0.29) is 17.9 Å². The maximum absolute atomic E-state index is 14.1. The minimum absolute atomic E-state index is 0.00226. The van der Waals surface area contributed by atoms with E-state index in [4.69, 9.17) is 0 Å². The number of carbonyl (C=O) groups excluding carboxylic acids is 1. The number of aromatic nitrogens is 3. The van der Waals surface area contributed by atoms with Gasteiger partial charge in [0.25, 0.3) is 5.91 Å². The van der Waals surface area contributed by atoms with Gasteiger partial charge in [0.2, 0.25) is 0 Å². The molecule has 1 aliphatic rings. The average molecular weight is 433 g/mol. The van der Waals surface area contributed by atoms with Crippen LogP contribution in [0.1, 0.15) is 21.5 Å². The minimum Gasteiger partial charge on any atom is -0.336 e. The Bertz CT molecular complexity index is 1300. The molecule has 0 bridgehead atoms. The van der Waals surface area contributed by atoms with Crippen LogP contribution in [0.4, 0.5) is 8.78 Å². The summed E-state index contributed by atoms with van der Waals surface area (Å²) in [7, 11) is 0. The predicted molar refractivity (Wildman–Crippen MR) is 117 cm³/mol. The topological polar surface area (TPSA) is 73.9 Å². The second kappa shape index (κ2) is 8.47. The summed E-state index contributed by atoms with van der Waals surface area (Å²) in [6.07, 6.45) is 1.82. The van der Waals surface area contributed by atoms with E-state index < -0.39 is 11.6 Å². The van der Waals surface area contributed by atoms with Crippen molar-refractivity contribution in [3.8, 4) is 11.3 Å². The highest BCUT2D eigenvalue weighted by molar-refractivity contribution is 5.97. The van der Waals surface area contributed by atoms with E-state index in [2.05, 4.69) is 20.5 Å². The van der Waals surface area contributed by atoms with Gasteiger partial charge in [-0.05, 0) is 47.5 Å². The van der Waals surface area contributed by atoms with Crippen molar-refractivity contribution in [3.05, 3.63) is 83.1 Å². The Morgan fingerprint density at radius 2 is 1.91 bits per heavy atom. The zero-order valence-corrected chi connectivity index (χ0v) is 17.2. The maximum Gasteiger partial charge on any atom is 0.253 e. The van der Waals surface area contributed by atoms with Gasteiger partial charge in [0, 0.05) is 55.3 Å². The molecule has 0 atom stereocenters. The number of halogens is 2. The fraction of sp³-hybridized carbons (Fsp3) is 0.208. The van der Waals surface area contributed by atoms with Crippen LogP contribution in [0.15, 0.2) is 54.7 Å². The van der Waals surface area contributed by atoms with Gasteiger partial charge in [-0.15, -0.1) is 0 Å². The number of fused-ring (bicyclic) bond motifs is 1. The van der Waals surface area contributed by atoms with Gasteiger partial charge in [0.15, 0.2) is 5.65 Å². The number of piperazine rings is 1. The number of nitrogens with one attached hydrogen (secondary N) is 2. The fourth-order valence-electron chi connectivity index (χ4n) is 4.02. The van der Waals surface area contributed by atoms with Crippen molar-refractivity contribution in [1.29, 1.82) is 0 Å². The summed E-state index contributed by atoms with van der Waals surface area (Å²) in [6.45, 7) is 2.94. The van der Waals surface area contributed by atoms with Crippen molar-refractivity contribution in [3.63, 3.8) is 0 Å². The van der Waals surface area contributed by atoms with E-state index in [0.29, 0.717) is 24.3 Å². The number of rotatable bonds is 4. The molecule has 1 fully saturated rings.